The van der Waals surface area contributed by atoms with Gasteiger partial charge in [0, 0.05) is 13.0 Å². The van der Waals surface area contributed by atoms with E-state index >= 15 is 0 Å². The smallest absolute Gasteiger partial charge is 0.335 e. The van der Waals surface area contributed by atoms with E-state index in [1.54, 1.807) is 0 Å². The Bertz CT molecular complexity index is 789. The molecule has 8 nitrogen and oxygen atoms in total. The number of imide groups is 1. The first-order valence-corrected chi connectivity index (χ1v) is 8.29. The van der Waals surface area contributed by atoms with E-state index in [1.165, 1.54) is 6.07 Å². The highest BCUT2D eigenvalue weighted by Crippen LogP contribution is 2.35. The van der Waals surface area contributed by atoms with Gasteiger partial charge in [-0.25, -0.2) is 14.0 Å². The number of halogens is 1. The highest BCUT2D eigenvalue weighted by atomic mass is 19.1. The maximum atomic E-state index is 13.8. The average Bonchev–Trinajstić information content (AvgIpc) is 3.14. The number of carboxylic acids is 1. The van der Waals surface area contributed by atoms with Gasteiger partial charge in [-0.1, -0.05) is 12.8 Å². The van der Waals surface area contributed by atoms with Gasteiger partial charge in [-0.3, -0.25) is 14.5 Å². The Morgan fingerprint density at radius 3 is 2.58 bits per heavy atom. The maximum Gasteiger partial charge on any atom is 0.335 e. The molecule has 138 valence electrons. The number of urea groups is 1. The van der Waals surface area contributed by atoms with Gasteiger partial charge in [0.15, 0.2) is 0 Å². The molecule has 0 aromatic heterocycles. The van der Waals surface area contributed by atoms with Crippen LogP contribution in [0.3, 0.4) is 0 Å². The summed E-state index contributed by atoms with van der Waals surface area (Å²) in [6.07, 6.45) is 2.75. The Morgan fingerprint density at radius 1 is 1.27 bits per heavy atom. The van der Waals surface area contributed by atoms with Crippen LogP contribution in [-0.4, -0.2) is 45.9 Å². The standard InChI is InChI=1S/C17H18FN3O5/c18-11-9-10(14(23)24)3-4-12(11)19-13(22)5-8-21-15(25)17(20-16(21)26)6-1-2-7-17/h3-4,9H,1-2,5-8H2,(H,19,22)(H,20,26)(H,23,24). The van der Waals surface area contributed by atoms with Crippen LogP contribution >= 0.6 is 0 Å². The Balaban J connectivity index is 1.58. The molecule has 3 rings (SSSR count). The molecule has 1 aromatic rings. The lowest BCUT2D eigenvalue weighted by Gasteiger charge is -2.19. The van der Waals surface area contributed by atoms with Gasteiger partial charge in [0.1, 0.15) is 11.4 Å². The van der Waals surface area contributed by atoms with Crippen LogP contribution in [0.2, 0.25) is 0 Å². The van der Waals surface area contributed by atoms with Gasteiger partial charge in [-0.05, 0) is 31.0 Å². The summed E-state index contributed by atoms with van der Waals surface area (Å²) in [5.74, 6) is -3.05. The van der Waals surface area contributed by atoms with E-state index in [1.807, 2.05) is 0 Å². The van der Waals surface area contributed by atoms with Crippen LogP contribution in [0.5, 0.6) is 0 Å². The zero-order valence-electron chi connectivity index (χ0n) is 13.9. The predicted octanol–water partition coefficient (Wildman–Crippen LogP) is 1.72. The van der Waals surface area contributed by atoms with Crippen LogP contribution in [0, 0.1) is 5.82 Å². The number of nitrogens with one attached hydrogen (secondary N) is 2. The van der Waals surface area contributed by atoms with Gasteiger partial charge in [0.2, 0.25) is 5.91 Å². The molecular weight excluding hydrogens is 345 g/mol. The summed E-state index contributed by atoms with van der Waals surface area (Å²) in [5.41, 5.74) is -1.22. The van der Waals surface area contributed by atoms with Crippen molar-refractivity contribution in [1.82, 2.24) is 10.2 Å². The lowest BCUT2D eigenvalue weighted by atomic mass is 9.98. The summed E-state index contributed by atoms with van der Waals surface area (Å²) in [7, 11) is 0. The number of rotatable bonds is 5. The van der Waals surface area contributed by atoms with E-state index in [0.717, 1.165) is 29.9 Å². The van der Waals surface area contributed by atoms with Gasteiger partial charge in [-0.2, -0.15) is 0 Å². The van der Waals surface area contributed by atoms with Crippen molar-refractivity contribution in [2.24, 2.45) is 0 Å². The van der Waals surface area contributed by atoms with E-state index in [2.05, 4.69) is 10.6 Å². The molecule has 1 spiro atoms. The minimum atomic E-state index is -1.28. The summed E-state index contributed by atoms with van der Waals surface area (Å²) in [6.45, 7) is -0.104. The SMILES string of the molecule is O=C(CCN1C(=O)NC2(CCCC2)C1=O)Nc1ccc(C(=O)O)cc1F. The number of carbonyl (C=O) groups excluding carboxylic acids is 3. The fourth-order valence-electron chi connectivity index (χ4n) is 3.37. The molecule has 1 aliphatic carbocycles. The van der Waals surface area contributed by atoms with Crippen LogP contribution in [0.1, 0.15) is 42.5 Å². The monoisotopic (exact) mass is 363 g/mol. The van der Waals surface area contributed by atoms with Crippen molar-refractivity contribution >= 4 is 29.5 Å². The maximum absolute atomic E-state index is 13.8. The number of carbonyl (C=O) groups is 4. The second-order valence-corrected chi connectivity index (χ2v) is 6.47. The Labute approximate surface area is 148 Å². The number of carboxylic acid groups (broad SMARTS) is 1. The summed E-state index contributed by atoms with van der Waals surface area (Å²) in [4.78, 5) is 48.3. The molecule has 26 heavy (non-hydrogen) atoms. The zero-order valence-corrected chi connectivity index (χ0v) is 13.9. The van der Waals surface area contributed by atoms with E-state index in [-0.39, 0.29) is 30.1 Å². The minimum Gasteiger partial charge on any atom is -0.478 e. The average molecular weight is 363 g/mol. The van der Waals surface area contributed by atoms with Crippen molar-refractivity contribution in [3.05, 3.63) is 29.6 Å². The number of hydrogen-bond acceptors (Lipinski definition) is 4. The van der Waals surface area contributed by atoms with Crippen molar-refractivity contribution in [2.45, 2.75) is 37.6 Å². The molecule has 0 unspecified atom stereocenters. The normalized spacial score (nSPS) is 18.3. The molecule has 2 fully saturated rings. The highest BCUT2D eigenvalue weighted by Gasteiger charge is 2.52. The molecule has 1 heterocycles. The molecule has 0 atom stereocenters. The summed E-state index contributed by atoms with van der Waals surface area (Å²) >= 11 is 0. The van der Waals surface area contributed by atoms with E-state index in [4.69, 9.17) is 5.11 Å². The fraction of sp³-hybridized carbons (Fsp3) is 0.412. The molecule has 9 heteroatoms. The minimum absolute atomic E-state index is 0.104. The van der Waals surface area contributed by atoms with Crippen LogP contribution in [0.25, 0.3) is 0 Å². The second-order valence-electron chi connectivity index (χ2n) is 6.47. The molecule has 4 amide bonds. The zero-order chi connectivity index (χ0) is 18.9. The Hall–Kier alpha value is -2.97. The third-order valence-electron chi connectivity index (χ3n) is 4.76. The predicted molar refractivity (Wildman–Crippen MR) is 88.0 cm³/mol. The first-order chi connectivity index (χ1) is 12.3. The number of anilines is 1. The number of nitrogens with zero attached hydrogens (tertiary/aromatic N) is 1. The summed E-state index contributed by atoms with van der Waals surface area (Å²) in [5, 5.41) is 13.8. The van der Waals surface area contributed by atoms with Crippen molar-refractivity contribution in [1.29, 1.82) is 0 Å². The molecule has 1 aliphatic heterocycles. The van der Waals surface area contributed by atoms with Gasteiger partial charge in [0.05, 0.1) is 11.3 Å². The molecule has 1 saturated carbocycles. The summed E-state index contributed by atoms with van der Waals surface area (Å²) < 4.78 is 13.8. The lowest BCUT2D eigenvalue weighted by molar-refractivity contribution is -0.131. The lowest BCUT2D eigenvalue weighted by Crippen LogP contribution is -2.44. The number of aromatic carboxylic acids is 1. The van der Waals surface area contributed by atoms with Crippen molar-refractivity contribution < 1.29 is 28.7 Å². The molecule has 3 N–H and O–H groups in total. The molecule has 1 saturated heterocycles. The quantitative estimate of drug-likeness (QED) is 0.689. The topological polar surface area (TPSA) is 116 Å². The first kappa shape index (κ1) is 17.8. The van der Waals surface area contributed by atoms with Gasteiger partial charge in [-0.15, -0.1) is 0 Å². The van der Waals surface area contributed by atoms with Crippen LogP contribution < -0.4 is 10.6 Å². The Kier molecular flexibility index (Phi) is 4.62. The van der Waals surface area contributed by atoms with Crippen molar-refractivity contribution in [3.63, 3.8) is 0 Å². The molecule has 1 aromatic carbocycles. The first-order valence-electron chi connectivity index (χ1n) is 8.29. The Morgan fingerprint density at radius 2 is 1.96 bits per heavy atom. The molecule has 0 bridgehead atoms. The number of hydrogen-bond donors (Lipinski definition) is 3. The number of benzene rings is 1. The van der Waals surface area contributed by atoms with Crippen molar-refractivity contribution in [2.75, 3.05) is 11.9 Å². The van der Waals surface area contributed by atoms with E-state index < -0.39 is 29.3 Å². The van der Waals surface area contributed by atoms with E-state index in [9.17, 15) is 23.6 Å². The largest absolute Gasteiger partial charge is 0.478 e. The number of amides is 4. The molecule has 2 aliphatic rings. The van der Waals surface area contributed by atoms with Crippen molar-refractivity contribution in [3.8, 4) is 0 Å². The third kappa shape index (κ3) is 3.24. The van der Waals surface area contributed by atoms with Crippen LogP contribution in [0.15, 0.2) is 18.2 Å². The third-order valence-corrected chi connectivity index (χ3v) is 4.76. The van der Waals surface area contributed by atoms with Gasteiger partial charge in [0.25, 0.3) is 5.91 Å². The summed E-state index contributed by atoms with van der Waals surface area (Å²) in [6, 6.07) is 2.61. The fourth-order valence-corrected chi connectivity index (χ4v) is 3.37. The van der Waals surface area contributed by atoms with Crippen LogP contribution in [0.4, 0.5) is 14.9 Å². The highest BCUT2D eigenvalue weighted by molar-refractivity contribution is 6.07. The second kappa shape index (κ2) is 6.74. The van der Waals surface area contributed by atoms with E-state index in [0.29, 0.717) is 12.8 Å². The van der Waals surface area contributed by atoms with Gasteiger partial charge < -0.3 is 15.7 Å². The van der Waals surface area contributed by atoms with Crippen LogP contribution in [-0.2, 0) is 9.59 Å². The molecular formula is C17H18FN3O5. The molecule has 0 radical (unpaired) electrons. The van der Waals surface area contributed by atoms with Gasteiger partial charge >= 0.3 is 12.0 Å².